The number of anilines is 2. The number of rotatable bonds is 10. The van der Waals surface area contributed by atoms with Crippen molar-refractivity contribution < 1.29 is 24.1 Å². The molecule has 45 heavy (non-hydrogen) atoms. The third kappa shape index (κ3) is 6.80. The Kier molecular flexibility index (Phi) is 9.29. The lowest BCUT2D eigenvalue weighted by molar-refractivity contribution is 0.0274. The van der Waals surface area contributed by atoms with Gasteiger partial charge in [0.2, 0.25) is 5.95 Å². The van der Waals surface area contributed by atoms with Gasteiger partial charge in [0.15, 0.2) is 0 Å². The number of esters is 1. The Morgan fingerprint density at radius 3 is 2.60 bits per heavy atom. The molecule has 0 bridgehead atoms. The lowest BCUT2D eigenvalue weighted by Gasteiger charge is -2.36. The van der Waals surface area contributed by atoms with Crippen LogP contribution in [0.3, 0.4) is 0 Å². The van der Waals surface area contributed by atoms with E-state index in [0.717, 1.165) is 45.5 Å². The first-order valence-corrected chi connectivity index (χ1v) is 15.5. The number of hydrogen-bond donors (Lipinski definition) is 2. The average molecular weight is 673 g/mol. The van der Waals surface area contributed by atoms with Gasteiger partial charge in [0, 0.05) is 29.0 Å². The van der Waals surface area contributed by atoms with Gasteiger partial charge in [0.05, 0.1) is 49.0 Å². The summed E-state index contributed by atoms with van der Waals surface area (Å²) in [5.41, 5.74) is 4.89. The van der Waals surface area contributed by atoms with E-state index in [0.29, 0.717) is 36.0 Å². The van der Waals surface area contributed by atoms with Crippen molar-refractivity contribution in [3.63, 3.8) is 0 Å². The number of likely N-dealkylation sites (tertiary alicyclic amines) is 1. The SMILES string of the molecule is COc1cc([C@H]2CCN(CCOC(=O)c3ccc(Br)cc3)C[C@@H]2O)ccc1Nc1ncc2ccc(-c3ccccc3OC)n2n1. The van der Waals surface area contributed by atoms with E-state index < -0.39 is 6.10 Å². The zero-order valence-corrected chi connectivity index (χ0v) is 26.6. The second-order valence-corrected chi connectivity index (χ2v) is 11.7. The number of aliphatic hydroxyl groups is 1. The van der Waals surface area contributed by atoms with Gasteiger partial charge in [-0.3, -0.25) is 4.90 Å². The predicted octanol–water partition coefficient (Wildman–Crippen LogP) is 5.93. The molecule has 2 N–H and O–H groups in total. The molecule has 2 atom stereocenters. The van der Waals surface area contributed by atoms with Crippen molar-refractivity contribution in [2.45, 2.75) is 18.4 Å². The summed E-state index contributed by atoms with van der Waals surface area (Å²) in [5.74, 6) is 1.40. The summed E-state index contributed by atoms with van der Waals surface area (Å²) < 4.78 is 19.5. The number of carbonyl (C=O) groups is 1. The van der Waals surface area contributed by atoms with Crippen LogP contribution in [0.15, 0.2) is 89.5 Å². The number of nitrogens with one attached hydrogen (secondary N) is 1. The lowest BCUT2D eigenvalue weighted by atomic mass is 9.87. The summed E-state index contributed by atoms with van der Waals surface area (Å²) in [5, 5.41) is 19.1. The fraction of sp³-hybridized carbons (Fsp3) is 0.265. The van der Waals surface area contributed by atoms with Crippen molar-refractivity contribution >= 4 is 39.1 Å². The van der Waals surface area contributed by atoms with Crippen LogP contribution in [0.1, 0.15) is 28.3 Å². The first-order chi connectivity index (χ1) is 21.9. The van der Waals surface area contributed by atoms with Crippen LogP contribution in [-0.2, 0) is 4.74 Å². The molecule has 1 aliphatic rings. The molecular formula is C34H34BrN5O5. The number of β-amino-alcohol motifs (C(OH)–C–C–N with tert-alkyl or cyclic N) is 1. The summed E-state index contributed by atoms with van der Waals surface area (Å²) in [6, 6.07) is 24.7. The Morgan fingerprint density at radius 1 is 1.02 bits per heavy atom. The van der Waals surface area contributed by atoms with E-state index in [1.165, 1.54) is 0 Å². The zero-order valence-electron chi connectivity index (χ0n) is 25.0. The molecule has 0 unspecified atom stereocenters. The van der Waals surface area contributed by atoms with Crippen molar-refractivity contribution in [2.24, 2.45) is 0 Å². The molecule has 11 heteroatoms. The molecule has 10 nitrogen and oxygen atoms in total. The minimum atomic E-state index is -0.572. The van der Waals surface area contributed by atoms with E-state index >= 15 is 0 Å². The summed E-state index contributed by atoms with van der Waals surface area (Å²) in [4.78, 5) is 18.9. The number of methoxy groups -OCH3 is 2. The van der Waals surface area contributed by atoms with Crippen LogP contribution < -0.4 is 14.8 Å². The van der Waals surface area contributed by atoms with Crippen LogP contribution in [-0.4, -0.2) is 77.1 Å². The van der Waals surface area contributed by atoms with E-state index in [4.69, 9.17) is 19.3 Å². The van der Waals surface area contributed by atoms with E-state index in [-0.39, 0.29) is 18.5 Å². The highest BCUT2D eigenvalue weighted by molar-refractivity contribution is 9.10. The van der Waals surface area contributed by atoms with Crippen LogP contribution in [0, 0.1) is 0 Å². The van der Waals surface area contributed by atoms with Crippen molar-refractivity contribution in [1.29, 1.82) is 0 Å². The highest BCUT2D eigenvalue weighted by atomic mass is 79.9. The first-order valence-electron chi connectivity index (χ1n) is 14.7. The standard InChI is InChI=1S/C34H34BrN5O5/c1-43-31-6-4-3-5-27(31)29-14-12-25-20-36-34(38-40(25)29)37-28-13-9-23(19-32(28)44-2)26-15-16-39(21-30(26)41)17-18-45-33(42)22-7-10-24(35)11-8-22/h3-14,19-20,26,30,41H,15-18,21H2,1-2H3,(H,37,38)/t26-,30+/m1/s1. The summed E-state index contributed by atoms with van der Waals surface area (Å²) in [6.07, 6.45) is 1.95. The van der Waals surface area contributed by atoms with Gasteiger partial charge in [0.25, 0.3) is 0 Å². The summed E-state index contributed by atoms with van der Waals surface area (Å²) >= 11 is 3.37. The molecule has 1 saturated heterocycles. The second kappa shape index (κ2) is 13.7. The number of nitrogens with zero attached hydrogens (tertiary/aromatic N) is 4. The maximum atomic E-state index is 12.3. The number of benzene rings is 3. The van der Waals surface area contributed by atoms with Gasteiger partial charge in [-0.2, -0.15) is 0 Å². The minimum Gasteiger partial charge on any atom is -0.496 e. The minimum absolute atomic E-state index is 0.0506. The molecule has 1 aliphatic heterocycles. The number of ether oxygens (including phenoxy) is 3. The van der Waals surface area contributed by atoms with Crippen molar-refractivity contribution in [3.05, 3.63) is 101 Å². The highest BCUT2D eigenvalue weighted by Gasteiger charge is 2.29. The fourth-order valence-electron chi connectivity index (χ4n) is 5.71. The van der Waals surface area contributed by atoms with Crippen LogP contribution in [0.2, 0.25) is 0 Å². The monoisotopic (exact) mass is 671 g/mol. The van der Waals surface area contributed by atoms with E-state index in [1.54, 1.807) is 32.5 Å². The molecule has 3 heterocycles. The Morgan fingerprint density at radius 2 is 1.82 bits per heavy atom. The van der Waals surface area contributed by atoms with Gasteiger partial charge >= 0.3 is 5.97 Å². The zero-order chi connectivity index (χ0) is 31.3. The number of para-hydroxylation sites is 1. The molecular weight excluding hydrogens is 638 g/mol. The molecule has 0 amide bonds. The number of carbonyl (C=O) groups excluding carboxylic acids is 1. The molecule has 2 aromatic heterocycles. The molecule has 1 fully saturated rings. The predicted molar refractivity (Wildman–Crippen MR) is 175 cm³/mol. The molecule has 6 rings (SSSR count). The van der Waals surface area contributed by atoms with Gasteiger partial charge in [0.1, 0.15) is 18.1 Å². The fourth-order valence-corrected chi connectivity index (χ4v) is 5.97. The Labute approximate surface area is 269 Å². The number of fused-ring (bicyclic) bond motifs is 1. The Bertz CT molecular complexity index is 1790. The maximum Gasteiger partial charge on any atom is 0.338 e. The van der Waals surface area contributed by atoms with E-state index in [2.05, 4.69) is 31.1 Å². The van der Waals surface area contributed by atoms with Crippen LogP contribution in [0.25, 0.3) is 16.8 Å². The normalized spacial score (nSPS) is 16.8. The summed E-state index contributed by atoms with van der Waals surface area (Å²) in [7, 11) is 3.27. The van der Waals surface area contributed by atoms with Gasteiger partial charge < -0.3 is 24.6 Å². The van der Waals surface area contributed by atoms with Crippen LogP contribution in [0.4, 0.5) is 11.6 Å². The number of aromatic nitrogens is 3. The number of hydrogen-bond acceptors (Lipinski definition) is 9. The van der Waals surface area contributed by atoms with Crippen molar-refractivity contribution in [1.82, 2.24) is 19.5 Å². The molecule has 3 aromatic carbocycles. The van der Waals surface area contributed by atoms with E-state index in [1.807, 2.05) is 71.2 Å². The Hall–Kier alpha value is -4.45. The van der Waals surface area contributed by atoms with Gasteiger partial charge in [-0.25, -0.2) is 14.3 Å². The van der Waals surface area contributed by atoms with Gasteiger partial charge in [-0.05, 0) is 79.2 Å². The second-order valence-electron chi connectivity index (χ2n) is 10.8. The van der Waals surface area contributed by atoms with Crippen LogP contribution >= 0.6 is 15.9 Å². The smallest absolute Gasteiger partial charge is 0.338 e. The quantitative estimate of drug-likeness (QED) is 0.175. The van der Waals surface area contributed by atoms with Crippen molar-refractivity contribution in [2.75, 3.05) is 45.8 Å². The van der Waals surface area contributed by atoms with Gasteiger partial charge in [-0.15, -0.1) is 5.10 Å². The van der Waals surface area contributed by atoms with Gasteiger partial charge in [-0.1, -0.05) is 34.1 Å². The molecule has 0 saturated carbocycles. The highest BCUT2D eigenvalue weighted by Crippen LogP contribution is 2.35. The lowest BCUT2D eigenvalue weighted by Crippen LogP contribution is -2.44. The summed E-state index contributed by atoms with van der Waals surface area (Å²) in [6.45, 7) is 2.08. The Balaban J connectivity index is 1.10. The van der Waals surface area contributed by atoms with E-state index in [9.17, 15) is 9.90 Å². The largest absolute Gasteiger partial charge is 0.496 e. The third-order valence-corrected chi connectivity index (χ3v) is 8.60. The third-order valence-electron chi connectivity index (χ3n) is 8.07. The average Bonchev–Trinajstić information content (AvgIpc) is 3.48. The molecule has 0 radical (unpaired) electrons. The molecule has 0 spiro atoms. The number of aliphatic hydroxyl groups excluding tert-OH is 1. The maximum absolute atomic E-state index is 12.3. The van der Waals surface area contributed by atoms with Crippen molar-refractivity contribution in [3.8, 4) is 22.8 Å². The first kappa shape index (κ1) is 30.6. The number of halogens is 1. The van der Waals surface area contributed by atoms with Crippen LogP contribution in [0.5, 0.6) is 11.5 Å². The topological polar surface area (TPSA) is 110 Å². The number of piperidine rings is 1. The molecule has 0 aliphatic carbocycles. The molecule has 5 aromatic rings. The molecule has 232 valence electrons.